The number of nitrogens with two attached hydrogens (primary N) is 1. The lowest BCUT2D eigenvalue weighted by molar-refractivity contribution is -0.0691. The predicted octanol–water partition coefficient (Wildman–Crippen LogP) is 3.18. The summed E-state index contributed by atoms with van der Waals surface area (Å²) in [4.78, 5) is 0. The minimum Gasteiger partial charge on any atom is -0.269 e. The van der Waals surface area contributed by atoms with Crippen LogP contribution in [-0.4, -0.2) is 18.1 Å². The van der Waals surface area contributed by atoms with E-state index in [0.717, 1.165) is 42.2 Å². The second-order valence-corrected chi connectivity index (χ2v) is 8.10. The molecule has 0 amide bonds. The normalized spacial score (nSPS) is 48.8. The molecule has 1 heterocycles. The Balaban J connectivity index is 1.44. The molecule has 4 bridgehead atoms. The highest BCUT2D eigenvalue weighted by molar-refractivity contribution is 5.02. The first kappa shape index (κ1) is 11.7. The van der Waals surface area contributed by atoms with E-state index in [0.29, 0.717) is 0 Å². The number of hydrogen-bond donors (Lipinski definition) is 1. The van der Waals surface area contributed by atoms with Gasteiger partial charge in [0.1, 0.15) is 0 Å². The molecule has 5 aliphatic rings. The lowest BCUT2D eigenvalue weighted by Gasteiger charge is -2.58. The van der Waals surface area contributed by atoms with Gasteiger partial charge < -0.3 is 0 Å². The molecule has 5 rings (SSSR count). The van der Waals surface area contributed by atoms with E-state index in [1.165, 1.54) is 12.8 Å². The first-order valence-electron chi connectivity index (χ1n) is 8.20. The van der Waals surface area contributed by atoms with Gasteiger partial charge in [-0.25, -0.2) is 5.01 Å². The maximum atomic E-state index is 5.89. The minimum atomic E-state index is 0.788. The van der Waals surface area contributed by atoms with E-state index in [9.17, 15) is 0 Å². The summed E-state index contributed by atoms with van der Waals surface area (Å²) in [5.74, 6) is 10.2. The van der Waals surface area contributed by atoms with Crippen molar-refractivity contribution < 1.29 is 0 Å². The van der Waals surface area contributed by atoms with Crippen LogP contribution in [0.2, 0.25) is 0 Å². The van der Waals surface area contributed by atoms with E-state index in [1.54, 1.807) is 44.9 Å². The molecule has 5 fully saturated rings. The SMILES string of the molecule is NN1CCC(CC23CC4CC(CC(C4)C2)C3)CC1. The van der Waals surface area contributed by atoms with Gasteiger partial charge in [0, 0.05) is 13.1 Å². The lowest BCUT2D eigenvalue weighted by atomic mass is 9.48. The van der Waals surface area contributed by atoms with E-state index in [4.69, 9.17) is 5.84 Å². The zero-order chi connectivity index (χ0) is 12.2. The quantitative estimate of drug-likeness (QED) is 0.761. The Kier molecular flexibility index (Phi) is 2.74. The average Bonchev–Trinajstić information content (AvgIpc) is 2.30. The highest BCUT2D eigenvalue weighted by Gasteiger charge is 2.51. The number of hydrogen-bond acceptors (Lipinski definition) is 2. The summed E-state index contributed by atoms with van der Waals surface area (Å²) < 4.78 is 0. The van der Waals surface area contributed by atoms with E-state index in [1.807, 2.05) is 5.01 Å². The molecule has 0 atom stereocenters. The van der Waals surface area contributed by atoms with E-state index in [-0.39, 0.29) is 0 Å². The Hall–Kier alpha value is -0.0800. The van der Waals surface area contributed by atoms with Crippen LogP contribution in [0.5, 0.6) is 0 Å². The maximum Gasteiger partial charge on any atom is 0.0131 e. The second kappa shape index (κ2) is 4.21. The summed E-state index contributed by atoms with van der Waals surface area (Å²) in [7, 11) is 0. The van der Waals surface area contributed by atoms with Crippen LogP contribution >= 0.6 is 0 Å². The fraction of sp³-hybridized carbons (Fsp3) is 1.00. The minimum absolute atomic E-state index is 0.788. The summed E-state index contributed by atoms with van der Waals surface area (Å²) in [5, 5.41) is 2.02. The van der Waals surface area contributed by atoms with Crippen molar-refractivity contribution >= 4 is 0 Å². The molecule has 4 saturated carbocycles. The van der Waals surface area contributed by atoms with E-state index in [2.05, 4.69) is 0 Å². The molecule has 0 unspecified atom stereocenters. The van der Waals surface area contributed by atoms with E-state index >= 15 is 0 Å². The number of nitrogens with zero attached hydrogens (tertiary/aromatic N) is 1. The van der Waals surface area contributed by atoms with Crippen molar-refractivity contribution in [2.24, 2.45) is 34.9 Å². The Morgan fingerprint density at radius 1 is 0.889 bits per heavy atom. The van der Waals surface area contributed by atoms with Gasteiger partial charge in [0.25, 0.3) is 0 Å². The summed E-state index contributed by atoms with van der Waals surface area (Å²) in [6.07, 6.45) is 13.8. The third-order valence-corrected chi connectivity index (χ3v) is 6.54. The molecule has 0 spiro atoms. The van der Waals surface area contributed by atoms with Crippen LogP contribution < -0.4 is 5.84 Å². The van der Waals surface area contributed by atoms with Crippen LogP contribution in [0.25, 0.3) is 0 Å². The number of hydrazine groups is 1. The molecule has 18 heavy (non-hydrogen) atoms. The van der Waals surface area contributed by atoms with Crippen molar-refractivity contribution in [3.63, 3.8) is 0 Å². The monoisotopic (exact) mass is 248 g/mol. The van der Waals surface area contributed by atoms with Crippen molar-refractivity contribution in [3.8, 4) is 0 Å². The molecular formula is C16H28N2. The third-order valence-electron chi connectivity index (χ3n) is 6.54. The van der Waals surface area contributed by atoms with Gasteiger partial charge in [-0.15, -0.1) is 0 Å². The summed E-state index contributed by atoms with van der Waals surface area (Å²) in [6, 6.07) is 0. The van der Waals surface area contributed by atoms with Gasteiger partial charge in [0.05, 0.1) is 0 Å². The molecule has 1 saturated heterocycles. The standard InChI is InChI=1S/C16H28N2/c17-18-3-1-12(2-4-18)8-16-9-13-5-14(10-16)7-15(6-13)11-16/h12-15H,1-11,17H2. The maximum absolute atomic E-state index is 5.89. The second-order valence-electron chi connectivity index (χ2n) is 8.10. The molecule has 2 heteroatoms. The smallest absolute Gasteiger partial charge is 0.0131 e. The fourth-order valence-electron chi connectivity index (χ4n) is 6.31. The Morgan fingerprint density at radius 3 is 1.89 bits per heavy atom. The third kappa shape index (κ3) is 2.02. The van der Waals surface area contributed by atoms with Crippen molar-refractivity contribution in [3.05, 3.63) is 0 Å². The van der Waals surface area contributed by atoms with Gasteiger partial charge in [-0.2, -0.15) is 0 Å². The first-order chi connectivity index (χ1) is 8.71. The van der Waals surface area contributed by atoms with Gasteiger partial charge in [-0.05, 0) is 86.9 Å². The molecular weight excluding hydrogens is 220 g/mol. The highest BCUT2D eigenvalue weighted by atomic mass is 15.4. The van der Waals surface area contributed by atoms with Gasteiger partial charge in [0.2, 0.25) is 0 Å². The van der Waals surface area contributed by atoms with E-state index < -0.39 is 0 Å². The topological polar surface area (TPSA) is 29.3 Å². The van der Waals surface area contributed by atoms with Gasteiger partial charge >= 0.3 is 0 Å². The average molecular weight is 248 g/mol. The molecule has 0 aromatic carbocycles. The van der Waals surface area contributed by atoms with Crippen LogP contribution in [0, 0.1) is 29.1 Å². The van der Waals surface area contributed by atoms with Crippen LogP contribution in [0.1, 0.15) is 57.8 Å². The van der Waals surface area contributed by atoms with Crippen LogP contribution in [0.4, 0.5) is 0 Å². The molecule has 0 aromatic heterocycles. The Labute approximate surface area is 111 Å². The summed E-state index contributed by atoms with van der Waals surface area (Å²) in [6.45, 7) is 2.27. The van der Waals surface area contributed by atoms with Gasteiger partial charge in [-0.3, -0.25) is 5.84 Å². The van der Waals surface area contributed by atoms with Crippen LogP contribution in [0.15, 0.2) is 0 Å². The van der Waals surface area contributed by atoms with Gasteiger partial charge in [0.15, 0.2) is 0 Å². The molecule has 2 nitrogen and oxygen atoms in total. The predicted molar refractivity (Wildman–Crippen MR) is 73.7 cm³/mol. The number of rotatable bonds is 2. The van der Waals surface area contributed by atoms with Crippen LogP contribution in [0.3, 0.4) is 0 Å². The lowest BCUT2D eigenvalue weighted by Crippen LogP contribution is -2.48. The summed E-state index contributed by atoms with van der Waals surface area (Å²) in [5.41, 5.74) is 0.788. The van der Waals surface area contributed by atoms with Crippen molar-refractivity contribution in [1.82, 2.24) is 5.01 Å². The van der Waals surface area contributed by atoms with Crippen molar-refractivity contribution in [2.45, 2.75) is 57.8 Å². The Morgan fingerprint density at radius 2 is 1.39 bits per heavy atom. The van der Waals surface area contributed by atoms with Gasteiger partial charge in [-0.1, -0.05) is 0 Å². The number of piperidine rings is 1. The fourth-order valence-corrected chi connectivity index (χ4v) is 6.31. The van der Waals surface area contributed by atoms with Crippen LogP contribution in [-0.2, 0) is 0 Å². The van der Waals surface area contributed by atoms with Crippen molar-refractivity contribution in [2.75, 3.05) is 13.1 Å². The molecule has 4 aliphatic carbocycles. The molecule has 102 valence electrons. The zero-order valence-corrected chi connectivity index (χ0v) is 11.6. The molecule has 2 N–H and O–H groups in total. The summed E-state index contributed by atoms with van der Waals surface area (Å²) >= 11 is 0. The Bertz CT molecular complexity index is 282. The zero-order valence-electron chi connectivity index (χ0n) is 11.6. The molecule has 0 radical (unpaired) electrons. The first-order valence-corrected chi connectivity index (χ1v) is 8.20. The molecule has 0 aromatic rings. The molecule has 1 aliphatic heterocycles. The largest absolute Gasteiger partial charge is 0.269 e. The van der Waals surface area contributed by atoms with Crippen molar-refractivity contribution in [1.29, 1.82) is 0 Å². The highest BCUT2D eigenvalue weighted by Crippen LogP contribution is 2.62.